The number of furan rings is 1. The summed E-state index contributed by atoms with van der Waals surface area (Å²) in [6.45, 7) is 7.01. The smallest absolute Gasteiger partial charge is 0.134 e. The summed E-state index contributed by atoms with van der Waals surface area (Å²) in [5.41, 5.74) is 2.59. The molecule has 2 bridgehead atoms. The normalized spacial score (nSPS) is 29.5. The molecule has 0 saturated carbocycles. The maximum absolute atomic E-state index is 5.72. The molecular formula is C21H27NO2. The largest absolute Gasteiger partial charge is 0.497 e. The Morgan fingerprint density at radius 2 is 2.25 bits per heavy atom. The zero-order valence-corrected chi connectivity index (χ0v) is 14.9. The number of hydrogen-bond donors (Lipinski definition) is 0. The van der Waals surface area contributed by atoms with E-state index in [4.69, 9.17) is 9.15 Å². The van der Waals surface area contributed by atoms with Gasteiger partial charge in [0.05, 0.1) is 13.4 Å². The minimum Gasteiger partial charge on any atom is -0.497 e. The molecule has 128 valence electrons. The van der Waals surface area contributed by atoms with Crippen LogP contribution in [0.1, 0.15) is 32.3 Å². The highest BCUT2D eigenvalue weighted by atomic mass is 16.5. The summed E-state index contributed by atoms with van der Waals surface area (Å²) in [5, 5.41) is 1.19. The molecule has 5 rings (SSSR count). The second-order valence-electron chi connectivity index (χ2n) is 7.72. The number of nitrogens with zero attached hydrogens (tertiary/aromatic N) is 1. The molecule has 1 fully saturated rings. The molecule has 3 nitrogen and oxygen atoms in total. The number of piperidine rings is 1. The average Bonchev–Trinajstić information content (AvgIpc) is 3.01. The van der Waals surface area contributed by atoms with Crippen LogP contribution in [0.3, 0.4) is 0 Å². The van der Waals surface area contributed by atoms with Gasteiger partial charge in [0.15, 0.2) is 0 Å². The summed E-state index contributed by atoms with van der Waals surface area (Å²) in [6.07, 6.45) is 10.5. The van der Waals surface area contributed by atoms with Crippen molar-refractivity contribution in [3.05, 3.63) is 42.2 Å². The summed E-state index contributed by atoms with van der Waals surface area (Å²) in [7, 11) is 1.71. The SMILES string of the molecule is CCC1CC2(C)C=CC1N(CCc1coc3ccc(OC)cc13)C2. The van der Waals surface area contributed by atoms with E-state index in [-0.39, 0.29) is 0 Å². The van der Waals surface area contributed by atoms with Crippen LogP contribution >= 0.6 is 0 Å². The van der Waals surface area contributed by atoms with Crippen LogP contribution in [0, 0.1) is 11.3 Å². The fourth-order valence-electron chi connectivity index (χ4n) is 4.64. The number of rotatable bonds is 5. The van der Waals surface area contributed by atoms with E-state index in [0.717, 1.165) is 30.2 Å². The Morgan fingerprint density at radius 3 is 3.00 bits per heavy atom. The van der Waals surface area contributed by atoms with Crippen LogP contribution in [0.25, 0.3) is 11.0 Å². The Kier molecular flexibility index (Phi) is 3.92. The zero-order chi connectivity index (χ0) is 16.7. The highest BCUT2D eigenvalue weighted by Crippen LogP contribution is 2.44. The van der Waals surface area contributed by atoms with Crippen LogP contribution < -0.4 is 4.74 Å². The molecule has 1 aromatic carbocycles. The Labute approximate surface area is 144 Å². The first-order valence-electron chi connectivity index (χ1n) is 9.09. The first-order valence-corrected chi connectivity index (χ1v) is 9.09. The van der Waals surface area contributed by atoms with E-state index in [0.29, 0.717) is 11.5 Å². The number of methoxy groups -OCH3 is 1. The van der Waals surface area contributed by atoms with E-state index < -0.39 is 0 Å². The lowest BCUT2D eigenvalue weighted by molar-refractivity contribution is 0.0358. The quantitative estimate of drug-likeness (QED) is 0.748. The van der Waals surface area contributed by atoms with Crippen molar-refractivity contribution < 1.29 is 9.15 Å². The Hall–Kier alpha value is -1.74. The third-order valence-corrected chi connectivity index (χ3v) is 5.95. The van der Waals surface area contributed by atoms with Gasteiger partial charge in [-0.05, 0) is 47.9 Å². The number of hydrogen-bond acceptors (Lipinski definition) is 3. The first kappa shape index (κ1) is 15.8. The van der Waals surface area contributed by atoms with E-state index >= 15 is 0 Å². The minimum absolute atomic E-state index is 0.358. The third-order valence-electron chi connectivity index (χ3n) is 5.95. The standard InChI is InChI=1S/C21H27NO2/c1-4-15-12-21(2)9-7-19(15)22(14-21)10-8-16-13-24-20-6-5-17(23-3)11-18(16)20/h5-7,9,11,13,15,19H,4,8,10,12,14H2,1-3H3. The van der Waals surface area contributed by atoms with Gasteiger partial charge in [0.1, 0.15) is 11.3 Å². The minimum atomic E-state index is 0.358. The average molecular weight is 325 g/mol. The molecule has 3 aliphatic rings. The molecule has 0 radical (unpaired) electrons. The van der Waals surface area contributed by atoms with Gasteiger partial charge in [-0.25, -0.2) is 0 Å². The van der Waals surface area contributed by atoms with Crippen LogP contribution in [0.2, 0.25) is 0 Å². The summed E-state index contributed by atoms with van der Waals surface area (Å²) < 4.78 is 11.1. The third kappa shape index (κ3) is 2.65. The highest BCUT2D eigenvalue weighted by molar-refractivity contribution is 5.82. The van der Waals surface area contributed by atoms with Crippen molar-refractivity contribution in [2.45, 2.75) is 39.2 Å². The molecule has 2 aliphatic heterocycles. The Bertz CT molecular complexity index is 762. The van der Waals surface area contributed by atoms with Gasteiger partial charge >= 0.3 is 0 Å². The van der Waals surface area contributed by atoms with Gasteiger partial charge in [-0.1, -0.05) is 32.4 Å². The van der Waals surface area contributed by atoms with Crippen molar-refractivity contribution in [3.63, 3.8) is 0 Å². The summed E-state index contributed by atoms with van der Waals surface area (Å²) in [6, 6.07) is 6.66. The van der Waals surface area contributed by atoms with E-state index in [1.54, 1.807) is 7.11 Å². The fourth-order valence-corrected chi connectivity index (χ4v) is 4.64. The van der Waals surface area contributed by atoms with Gasteiger partial charge in [0.2, 0.25) is 0 Å². The number of fused-ring (bicyclic) bond motifs is 3. The lowest BCUT2D eigenvalue weighted by Gasteiger charge is -2.51. The predicted octanol–water partition coefficient (Wildman–Crippen LogP) is 4.66. The summed E-state index contributed by atoms with van der Waals surface area (Å²) in [5.74, 6) is 1.69. The van der Waals surface area contributed by atoms with Crippen molar-refractivity contribution in [3.8, 4) is 5.75 Å². The number of benzene rings is 1. The lowest BCUT2D eigenvalue weighted by Crippen LogP contribution is -2.54. The van der Waals surface area contributed by atoms with Crippen LogP contribution in [-0.4, -0.2) is 31.1 Å². The molecule has 3 heteroatoms. The van der Waals surface area contributed by atoms with Crippen LogP contribution in [0.4, 0.5) is 0 Å². The first-order chi connectivity index (χ1) is 11.6. The maximum Gasteiger partial charge on any atom is 0.134 e. The van der Waals surface area contributed by atoms with Crippen LogP contribution in [0.5, 0.6) is 5.75 Å². The topological polar surface area (TPSA) is 25.6 Å². The molecular weight excluding hydrogens is 298 g/mol. The van der Waals surface area contributed by atoms with E-state index in [2.05, 4.69) is 37.0 Å². The molecule has 3 heterocycles. The van der Waals surface area contributed by atoms with Gasteiger partial charge in [-0.3, -0.25) is 4.90 Å². The summed E-state index contributed by atoms with van der Waals surface area (Å²) in [4.78, 5) is 2.68. The van der Waals surface area contributed by atoms with Gasteiger partial charge in [-0.2, -0.15) is 0 Å². The van der Waals surface area contributed by atoms with Crippen LogP contribution in [-0.2, 0) is 6.42 Å². The van der Waals surface area contributed by atoms with E-state index in [9.17, 15) is 0 Å². The molecule has 2 aromatic rings. The molecule has 0 N–H and O–H groups in total. The van der Waals surface area contributed by atoms with Gasteiger partial charge in [0.25, 0.3) is 0 Å². The number of ether oxygens (including phenoxy) is 1. The molecule has 0 amide bonds. The van der Waals surface area contributed by atoms with Gasteiger partial charge in [0, 0.05) is 24.5 Å². The van der Waals surface area contributed by atoms with E-state index in [1.165, 1.54) is 30.3 Å². The summed E-state index contributed by atoms with van der Waals surface area (Å²) >= 11 is 0. The second-order valence-corrected chi connectivity index (χ2v) is 7.72. The molecule has 0 spiro atoms. The molecule has 3 unspecified atom stereocenters. The van der Waals surface area contributed by atoms with Gasteiger partial charge < -0.3 is 9.15 Å². The van der Waals surface area contributed by atoms with Crippen molar-refractivity contribution >= 4 is 11.0 Å². The Morgan fingerprint density at radius 1 is 1.38 bits per heavy atom. The van der Waals surface area contributed by atoms with Crippen molar-refractivity contribution in [2.75, 3.05) is 20.2 Å². The van der Waals surface area contributed by atoms with Gasteiger partial charge in [-0.15, -0.1) is 0 Å². The molecule has 3 atom stereocenters. The van der Waals surface area contributed by atoms with Crippen molar-refractivity contribution in [1.29, 1.82) is 0 Å². The molecule has 1 aromatic heterocycles. The maximum atomic E-state index is 5.72. The van der Waals surface area contributed by atoms with Crippen LogP contribution in [0.15, 0.2) is 41.0 Å². The monoisotopic (exact) mass is 325 g/mol. The van der Waals surface area contributed by atoms with Crippen molar-refractivity contribution in [2.24, 2.45) is 11.3 Å². The van der Waals surface area contributed by atoms with Crippen molar-refractivity contribution in [1.82, 2.24) is 4.90 Å². The lowest BCUT2D eigenvalue weighted by atomic mass is 9.67. The Balaban J connectivity index is 1.52. The highest BCUT2D eigenvalue weighted by Gasteiger charge is 2.42. The molecule has 24 heavy (non-hydrogen) atoms. The molecule has 1 aliphatic carbocycles. The second kappa shape index (κ2) is 5.96. The van der Waals surface area contributed by atoms with E-state index in [1.807, 2.05) is 18.4 Å². The zero-order valence-electron chi connectivity index (χ0n) is 14.9. The fraction of sp³-hybridized carbons (Fsp3) is 0.524. The molecule has 1 saturated heterocycles. The predicted molar refractivity (Wildman–Crippen MR) is 97.5 cm³/mol.